The van der Waals surface area contributed by atoms with Crippen LogP contribution in [0.25, 0.3) is 10.4 Å². The van der Waals surface area contributed by atoms with Gasteiger partial charge in [0, 0.05) is 16.7 Å². The maximum atomic E-state index is 7.99. The largest absolute Gasteiger partial charge is 0.308 e. The molecule has 0 aliphatic rings. The Kier molecular flexibility index (Phi) is 3.83. The molecule has 1 rings (SSSR count). The highest BCUT2D eigenvalue weighted by Crippen LogP contribution is 2.01. The lowest BCUT2D eigenvalue weighted by Crippen LogP contribution is -2.07. The van der Waals surface area contributed by atoms with Gasteiger partial charge in [0.15, 0.2) is 0 Å². The fourth-order valence-corrected chi connectivity index (χ4v) is 0.762. The number of pyridine rings is 1. The van der Waals surface area contributed by atoms with E-state index in [0.717, 1.165) is 5.56 Å². The van der Waals surface area contributed by atoms with Crippen LogP contribution in [0.4, 0.5) is 5.82 Å². The van der Waals surface area contributed by atoms with Crippen LogP contribution < -0.4 is 11.3 Å². The lowest BCUT2D eigenvalue weighted by atomic mass is 10.3. The topological polar surface area (TPSA) is 99.7 Å². The molecule has 0 atom stereocenters. The molecule has 3 N–H and O–H groups in total. The number of anilines is 1. The summed E-state index contributed by atoms with van der Waals surface area (Å²) < 4.78 is 0. The summed E-state index contributed by atoms with van der Waals surface area (Å²) in [6.07, 6.45) is 1.58. The smallest absolute Gasteiger partial charge is 0.139 e. The Balaban J connectivity index is 2.66. The second kappa shape index (κ2) is 5.43. The van der Waals surface area contributed by atoms with Crippen LogP contribution >= 0.6 is 0 Å². The summed E-state index contributed by atoms with van der Waals surface area (Å²) in [6.45, 7) is 0.160. The molecule has 1 aromatic rings. The number of rotatable bonds is 2. The number of aromatic nitrogens is 1. The molecule has 1 aromatic heterocycles. The number of nitrogens with one attached hydrogen (secondary N) is 1. The van der Waals surface area contributed by atoms with Crippen molar-refractivity contribution in [2.45, 2.75) is 0 Å². The third-order valence-corrected chi connectivity index (χ3v) is 1.36. The van der Waals surface area contributed by atoms with Crippen molar-refractivity contribution in [1.29, 1.82) is 0 Å². The van der Waals surface area contributed by atoms with Crippen LogP contribution in [0.15, 0.2) is 23.4 Å². The predicted octanol–water partition coefficient (Wildman–Crippen LogP) is 1.03. The first-order valence-electron chi connectivity index (χ1n) is 3.79. The zero-order valence-corrected chi connectivity index (χ0v) is 7.31. The number of nitrogen functional groups attached to an aromatic ring is 1. The first kappa shape index (κ1) is 9.86. The molecule has 70 valence electrons. The molecule has 0 radical (unpaired) electrons. The monoisotopic (exact) mass is 188 g/mol. The number of azide groups is 1. The number of hydrogen-bond donors (Lipinski definition) is 2. The maximum absolute atomic E-state index is 7.99. The molecule has 0 aromatic carbocycles. The molecule has 14 heavy (non-hydrogen) atoms. The number of nitrogens with two attached hydrogens (primary N) is 1. The molecule has 0 aliphatic heterocycles. The van der Waals surface area contributed by atoms with Crippen LogP contribution in [0.1, 0.15) is 5.56 Å². The highest BCUT2D eigenvalue weighted by molar-refractivity contribution is 5.40. The molecule has 0 aliphatic carbocycles. The van der Waals surface area contributed by atoms with E-state index in [9.17, 15) is 0 Å². The minimum atomic E-state index is 0.160. The van der Waals surface area contributed by atoms with Crippen LogP contribution in [0.3, 0.4) is 0 Å². The summed E-state index contributed by atoms with van der Waals surface area (Å²) in [5.41, 5.74) is 11.1. The number of hydrogen-bond acceptors (Lipinski definition) is 4. The lowest BCUT2D eigenvalue weighted by molar-refractivity contribution is 1.22. The molecular weight excluding hydrogens is 180 g/mol. The fraction of sp³-hybridized carbons (Fsp3) is 0.125. The van der Waals surface area contributed by atoms with Crippen molar-refractivity contribution in [3.63, 3.8) is 0 Å². The Morgan fingerprint density at radius 1 is 1.64 bits per heavy atom. The molecule has 0 spiro atoms. The van der Waals surface area contributed by atoms with Gasteiger partial charge in [0.2, 0.25) is 0 Å². The lowest BCUT2D eigenvalue weighted by Gasteiger charge is -1.96. The molecule has 0 saturated heterocycles. The average Bonchev–Trinajstić information content (AvgIpc) is 2.25. The Morgan fingerprint density at radius 2 is 2.50 bits per heavy atom. The standard InChI is InChI=1S/C8H8N6/c9-13-8-4-3-7(6-11-8)2-1-5-12-14-10/h3-4,6H,5,9H2,(H,11,13). The van der Waals surface area contributed by atoms with E-state index in [-0.39, 0.29) is 6.54 Å². The van der Waals surface area contributed by atoms with E-state index in [4.69, 9.17) is 11.4 Å². The minimum absolute atomic E-state index is 0.160. The average molecular weight is 188 g/mol. The predicted molar refractivity (Wildman–Crippen MR) is 52.9 cm³/mol. The van der Waals surface area contributed by atoms with E-state index in [0.29, 0.717) is 5.82 Å². The van der Waals surface area contributed by atoms with Gasteiger partial charge in [-0.1, -0.05) is 17.0 Å². The maximum Gasteiger partial charge on any atom is 0.139 e. The second-order valence-electron chi connectivity index (χ2n) is 2.27. The van der Waals surface area contributed by atoms with E-state index in [2.05, 4.69) is 32.3 Å². The van der Waals surface area contributed by atoms with Gasteiger partial charge >= 0.3 is 0 Å². The normalized spacial score (nSPS) is 8.07. The fourth-order valence-electron chi connectivity index (χ4n) is 0.762. The zero-order valence-electron chi connectivity index (χ0n) is 7.31. The highest BCUT2D eigenvalue weighted by Gasteiger charge is 1.88. The number of hydrazine groups is 1. The Bertz CT molecular complexity index is 392. The van der Waals surface area contributed by atoms with Gasteiger partial charge in [-0.15, -0.1) is 0 Å². The van der Waals surface area contributed by atoms with Gasteiger partial charge in [-0.2, -0.15) is 0 Å². The van der Waals surface area contributed by atoms with Gasteiger partial charge in [-0.3, -0.25) is 0 Å². The van der Waals surface area contributed by atoms with Crippen LogP contribution in [0.5, 0.6) is 0 Å². The van der Waals surface area contributed by atoms with Gasteiger partial charge in [-0.05, 0) is 17.7 Å². The first-order valence-corrected chi connectivity index (χ1v) is 3.79. The van der Waals surface area contributed by atoms with Crippen molar-refractivity contribution in [3.8, 4) is 11.8 Å². The molecule has 0 fully saturated rings. The number of nitrogens with zero attached hydrogens (tertiary/aromatic N) is 4. The summed E-state index contributed by atoms with van der Waals surface area (Å²) in [5.74, 6) is 11.2. The zero-order chi connectivity index (χ0) is 10.2. The van der Waals surface area contributed by atoms with Gasteiger partial charge in [0.25, 0.3) is 0 Å². The molecule has 0 saturated carbocycles. The first-order chi connectivity index (χ1) is 6.86. The van der Waals surface area contributed by atoms with Gasteiger partial charge in [0.05, 0.1) is 6.54 Å². The molecular formula is C8H8N6. The molecule has 6 heteroatoms. The third kappa shape index (κ3) is 3.03. The molecule has 1 heterocycles. The van der Waals surface area contributed by atoms with Crippen molar-refractivity contribution < 1.29 is 0 Å². The highest BCUT2D eigenvalue weighted by atomic mass is 15.2. The van der Waals surface area contributed by atoms with Crippen molar-refractivity contribution in [3.05, 3.63) is 34.3 Å². The summed E-state index contributed by atoms with van der Waals surface area (Å²) in [7, 11) is 0. The van der Waals surface area contributed by atoms with Gasteiger partial charge in [-0.25, -0.2) is 10.8 Å². The van der Waals surface area contributed by atoms with Crippen molar-refractivity contribution >= 4 is 5.82 Å². The Morgan fingerprint density at radius 3 is 3.07 bits per heavy atom. The van der Waals surface area contributed by atoms with E-state index in [1.54, 1.807) is 18.3 Å². The summed E-state index contributed by atoms with van der Waals surface area (Å²) in [6, 6.07) is 3.48. The third-order valence-electron chi connectivity index (χ3n) is 1.36. The molecule has 6 nitrogen and oxygen atoms in total. The second-order valence-corrected chi connectivity index (χ2v) is 2.27. The van der Waals surface area contributed by atoms with Crippen LogP contribution in [0.2, 0.25) is 0 Å². The van der Waals surface area contributed by atoms with Gasteiger partial charge in [0.1, 0.15) is 5.82 Å². The van der Waals surface area contributed by atoms with Crippen molar-refractivity contribution in [2.24, 2.45) is 11.0 Å². The summed E-state index contributed by atoms with van der Waals surface area (Å²) in [4.78, 5) is 6.53. The van der Waals surface area contributed by atoms with E-state index >= 15 is 0 Å². The molecule has 0 bridgehead atoms. The SMILES string of the molecule is [N-]=[N+]=NCC#Cc1ccc(NN)nc1. The molecule has 0 amide bonds. The van der Waals surface area contributed by atoms with Crippen molar-refractivity contribution in [1.82, 2.24) is 4.98 Å². The van der Waals surface area contributed by atoms with E-state index in [1.807, 2.05) is 0 Å². The van der Waals surface area contributed by atoms with Gasteiger partial charge < -0.3 is 5.43 Å². The van der Waals surface area contributed by atoms with Crippen molar-refractivity contribution in [2.75, 3.05) is 12.0 Å². The molecule has 0 unspecified atom stereocenters. The Hall–Kier alpha value is -2.22. The van der Waals surface area contributed by atoms with E-state index < -0.39 is 0 Å². The summed E-state index contributed by atoms with van der Waals surface area (Å²) >= 11 is 0. The van der Waals surface area contributed by atoms with E-state index in [1.165, 1.54) is 0 Å². The summed E-state index contributed by atoms with van der Waals surface area (Å²) in [5, 5.41) is 3.27. The quantitative estimate of drug-likeness (QED) is 0.181. The van der Waals surface area contributed by atoms with Crippen LogP contribution in [0, 0.1) is 11.8 Å². The van der Waals surface area contributed by atoms with Crippen LogP contribution in [-0.4, -0.2) is 11.5 Å². The minimum Gasteiger partial charge on any atom is -0.308 e. The van der Waals surface area contributed by atoms with Crippen LogP contribution in [-0.2, 0) is 0 Å². The Labute approximate surface area is 80.7 Å².